The highest BCUT2D eigenvalue weighted by molar-refractivity contribution is 5.97. The molecule has 0 bridgehead atoms. The van der Waals surface area contributed by atoms with Gasteiger partial charge in [-0.25, -0.2) is 9.37 Å². The van der Waals surface area contributed by atoms with Crippen LogP contribution in [0.1, 0.15) is 15.9 Å². The highest BCUT2D eigenvalue weighted by Crippen LogP contribution is 2.22. The average molecular weight is 371 g/mol. The molecule has 0 radical (unpaired) electrons. The van der Waals surface area contributed by atoms with Gasteiger partial charge in [0.25, 0.3) is 5.91 Å². The first-order valence-electron chi connectivity index (χ1n) is 7.95. The first-order valence-corrected chi connectivity index (χ1v) is 7.95. The van der Waals surface area contributed by atoms with Gasteiger partial charge in [-0.3, -0.25) is 9.48 Å². The van der Waals surface area contributed by atoms with Crippen LogP contribution in [0.25, 0.3) is 0 Å². The van der Waals surface area contributed by atoms with Crippen LogP contribution in [0.3, 0.4) is 0 Å². The molecule has 0 saturated carbocycles. The summed E-state index contributed by atoms with van der Waals surface area (Å²) in [4.78, 5) is 20.1. The van der Waals surface area contributed by atoms with E-state index in [1.807, 2.05) is 0 Å². The molecule has 4 N–H and O–H groups in total. The molecule has 1 amide bonds. The zero-order chi connectivity index (χ0) is 19.4. The molecular formula is C17H18FN7O2. The molecule has 0 aliphatic heterocycles. The molecule has 9 nitrogen and oxygen atoms in total. The second-order valence-corrected chi connectivity index (χ2v) is 5.66. The van der Waals surface area contributed by atoms with Crippen LogP contribution in [0.4, 0.5) is 21.8 Å². The van der Waals surface area contributed by atoms with Crippen molar-refractivity contribution in [2.45, 2.75) is 6.54 Å². The first kappa shape index (κ1) is 18.1. The molecule has 3 aromatic rings. The number of hydrogen-bond donors (Lipinski definition) is 3. The Labute approximate surface area is 154 Å². The number of nitrogens with one attached hydrogen (secondary N) is 2. The van der Waals surface area contributed by atoms with Crippen molar-refractivity contribution in [1.29, 1.82) is 0 Å². The molecular weight excluding hydrogens is 353 g/mol. The largest absolute Gasteiger partial charge is 0.496 e. The summed E-state index contributed by atoms with van der Waals surface area (Å²) in [6, 6.07) is 4.19. The van der Waals surface area contributed by atoms with E-state index in [9.17, 15) is 9.18 Å². The summed E-state index contributed by atoms with van der Waals surface area (Å²) in [5.74, 6) is -0.183. The fourth-order valence-corrected chi connectivity index (χ4v) is 2.42. The Balaban J connectivity index is 1.84. The van der Waals surface area contributed by atoms with Gasteiger partial charge < -0.3 is 21.1 Å². The van der Waals surface area contributed by atoms with Gasteiger partial charge in [-0.05, 0) is 6.07 Å². The minimum absolute atomic E-state index is 0.132. The van der Waals surface area contributed by atoms with Crippen molar-refractivity contribution >= 4 is 23.4 Å². The molecule has 2 aromatic heterocycles. The predicted octanol–water partition coefficient (Wildman–Crippen LogP) is 1.81. The van der Waals surface area contributed by atoms with E-state index in [2.05, 4.69) is 25.7 Å². The standard InChI is InChI=1S/C17H18FN7O2/c1-25-9-12(7-22-25)23-17-21-8-13(15(19)26)16(24-17)20-6-10-3-4-11(18)5-14(10)27-2/h3-5,7-9H,6H2,1-2H3,(H2,19,26)(H2,20,21,23,24). The van der Waals surface area contributed by atoms with E-state index >= 15 is 0 Å². The zero-order valence-corrected chi connectivity index (χ0v) is 14.7. The van der Waals surface area contributed by atoms with Crippen LogP contribution < -0.4 is 21.1 Å². The van der Waals surface area contributed by atoms with Gasteiger partial charge in [0.1, 0.15) is 17.4 Å². The summed E-state index contributed by atoms with van der Waals surface area (Å²) in [6.07, 6.45) is 4.70. The Morgan fingerprint density at radius 1 is 1.37 bits per heavy atom. The number of anilines is 3. The number of primary amides is 1. The molecule has 0 aliphatic rings. The van der Waals surface area contributed by atoms with Gasteiger partial charge >= 0.3 is 0 Å². The normalized spacial score (nSPS) is 10.5. The van der Waals surface area contributed by atoms with Crippen molar-refractivity contribution in [1.82, 2.24) is 19.7 Å². The van der Waals surface area contributed by atoms with Crippen LogP contribution in [0.5, 0.6) is 5.75 Å². The summed E-state index contributed by atoms with van der Waals surface area (Å²) in [7, 11) is 3.24. The van der Waals surface area contributed by atoms with E-state index in [0.717, 1.165) is 0 Å². The van der Waals surface area contributed by atoms with Crippen LogP contribution in [-0.2, 0) is 13.6 Å². The Morgan fingerprint density at radius 2 is 2.19 bits per heavy atom. The third-order valence-corrected chi connectivity index (χ3v) is 3.71. The number of amides is 1. The van der Waals surface area contributed by atoms with Gasteiger partial charge in [-0.1, -0.05) is 6.07 Å². The maximum absolute atomic E-state index is 13.3. The van der Waals surface area contributed by atoms with E-state index in [-0.39, 0.29) is 23.9 Å². The van der Waals surface area contributed by atoms with Crippen molar-refractivity contribution in [3.63, 3.8) is 0 Å². The molecule has 3 rings (SSSR count). The number of methoxy groups -OCH3 is 1. The number of halogens is 1. The van der Waals surface area contributed by atoms with Crippen molar-refractivity contribution in [3.8, 4) is 5.75 Å². The number of aromatic nitrogens is 4. The molecule has 0 aliphatic carbocycles. The van der Waals surface area contributed by atoms with Gasteiger partial charge in [0.2, 0.25) is 5.95 Å². The molecule has 0 fully saturated rings. The Kier molecular flexibility index (Phi) is 5.15. The fourth-order valence-electron chi connectivity index (χ4n) is 2.42. The summed E-state index contributed by atoms with van der Waals surface area (Å²) in [5, 5.41) is 10.1. The van der Waals surface area contributed by atoms with Crippen LogP contribution in [0.2, 0.25) is 0 Å². The predicted molar refractivity (Wildman–Crippen MR) is 97.3 cm³/mol. The lowest BCUT2D eigenvalue weighted by Gasteiger charge is -2.13. The third kappa shape index (κ3) is 4.29. The number of benzene rings is 1. The molecule has 0 saturated heterocycles. The average Bonchev–Trinajstić information content (AvgIpc) is 3.05. The van der Waals surface area contributed by atoms with E-state index < -0.39 is 11.7 Å². The van der Waals surface area contributed by atoms with E-state index in [0.29, 0.717) is 17.0 Å². The smallest absolute Gasteiger partial charge is 0.254 e. The number of nitrogens with zero attached hydrogens (tertiary/aromatic N) is 4. The Bertz CT molecular complexity index is 974. The lowest BCUT2D eigenvalue weighted by Crippen LogP contribution is -2.17. The quantitative estimate of drug-likeness (QED) is 0.579. The minimum atomic E-state index is -0.670. The zero-order valence-electron chi connectivity index (χ0n) is 14.7. The van der Waals surface area contributed by atoms with Crippen molar-refractivity contribution < 1.29 is 13.9 Å². The monoisotopic (exact) mass is 371 g/mol. The van der Waals surface area contributed by atoms with Crippen LogP contribution >= 0.6 is 0 Å². The topological polar surface area (TPSA) is 120 Å². The summed E-state index contributed by atoms with van der Waals surface area (Å²) < 4.78 is 20.1. The van der Waals surface area contributed by atoms with Crippen LogP contribution in [0.15, 0.2) is 36.8 Å². The Morgan fingerprint density at radius 3 is 2.85 bits per heavy atom. The van der Waals surface area contributed by atoms with Gasteiger partial charge in [-0.2, -0.15) is 10.1 Å². The molecule has 0 unspecified atom stereocenters. The minimum Gasteiger partial charge on any atom is -0.496 e. The molecule has 2 heterocycles. The number of carbonyl (C=O) groups is 1. The van der Waals surface area contributed by atoms with Gasteiger partial charge in [0.15, 0.2) is 0 Å². The molecule has 140 valence electrons. The van der Waals surface area contributed by atoms with E-state index in [1.165, 1.54) is 25.4 Å². The summed E-state index contributed by atoms with van der Waals surface area (Å²) in [5.41, 5.74) is 6.91. The lowest BCUT2D eigenvalue weighted by molar-refractivity contribution is 0.100. The molecule has 0 atom stereocenters. The molecule has 27 heavy (non-hydrogen) atoms. The SMILES string of the molecule is COc1cc(F)ccc1CNc1nc(Nc2cnn(C)c2)ncc1C(N)=O. The molecule has 1 aromatic carbocycles. The summed E-state index contributed by atoms with van der Waals surface area (Å²) >= 11 is 0. The second kappa shape index (κ2) is 7.68. The fraction of sp³-hybridized carbons (Fsp3) is 0.176. The maximum Gasteiger partial charge on any atom is 0.254 e. The number of aryl methyl sites for hydroxylation is 1. The summed E-state index contributed by atoms with van der Waals surface area (Å²) in [6.45, 7) is 0.243. The van der Waals surface area contributed by atoms with Crippen molar-refractivity contribution in [2.75, 3.05) is 17.7 Å². The highest BCUT2D eigenvalue weighted by atomic mass is 19.1. The molecule has 10 heteroatoms. The first-order chi connectivity index (χ1) is 13.0. The van der Waals surface area contributed by atoms with Crippen LogP contribution in [0, 0.1) is 5.82 Å². The number of nitrogens with two attached hydrogens (primary N) is 1. The van der Waals surface area contributed by atoms with Gasteiger partial charge in [-0.15, -0.1) is 0 Å². The van der Waals surface area contributed by atoms with Crippen molar-refractivity contribution in [2.24, 2.45) is 12.8 Å². The second-order valence-electron chi connectivity index (χ2n) is 5.66. The molecule has 0 spiro atoms. The Hall–Kier alpha value is -3.69. The number of rotatable bonds is 7. The lowest BCUT2D eigenvalue weighted by atomic mass is 10.2. The number of hydrogen-bond acceptors (Lipinski definition) is 7. The van der Waals surface area contributed by atoms with E-state index in [1.54, 1.807) is 30.2 Å². The maximum atomic E-state index is 13.3. The van der Waals surface area contributed by atoms with Gasteiger partial charge in [0.05, 0.1) is 24.6 Å². The van der Waals surface area contributed by atoms with E-state index in [4.69, 9.17) is 10.5 Å². The number of carbonyl (C=O) groups excluding carboxylic acids is 1. The van der Waals surface area contributed by atoms with Gasteiger partial charge in [0, 0.05) is 37.6 Å². The van der Waals surface area contributed by atoms with Crippen molar-refractivity contribution in [3.05, 3.63) is 53.7 Å². The highest BCUT2D eigenvalue weighted by Gasteiger charge is 2.14. The number of ether oxygens (including phenoxy) is 1. The third-order valence-electron chi connectivity index (χ3n) is 3.71. The van der Waals surface area contributed by atoms with Crippen LogP contribution in [-0.4, -0.2) is 32.8 Å².